The van der Waals surface area contributed by atoms with E-state index in [0.29, 0.717) is 11.2 Å². The predicted octanol–water partition coefficient (Wildman–Crippen LogP) is 3.35. The third-order valence-corrected chi connectivity index (χ3v) is 2.83. The highest BCUT2D eigenvalue weighted by Crippen LogP contribution is 2.21. The Labute approximate surface area is 100 Å². The Hall–Kier alpha value is -1.35. The minimum absolute atomic E-state index is 0.401. The first-order valence-electron chi connectivity index (χ1n) is 5.27. The number of hydrogen-bond donors (Lipinski definition) is 0. The van der Waals surface area contributed by atoms with Crippen molar-refractivity contribution >= 4 is 11.6 Å². The van der Waals surface area contributed by atoms with E-state index >= 15 is 0 Å². The number of hydrogen-bond acceptors (Lipinski definition) is 2. The molecule has 0 fully saturated rings. The molecule has 2 rings (SSSR count). The number of halogens is 1. The molecule has 0 aliphatic rings. The second kappa shape index (κ2) is 4.26. The van der Waals surface area contributed by atoms with Crippen LogP contribution < -0.4 is 0 Å². The molecule has 0 aliphatic heterocycles. The fraction of sp³-hybridized carbons (Fsp3) is 0.333. The minimum atomic E-state index is 0.401. The van der Waals surface area contributed by atoms with Gasteiger partial charge in [0.1, 0.15) is 5.82 Å². The lowest BCUT2D eigenvalue weighted by Crippen LogP contribution is -1.98. The average molecular weight is 236 g/mol. The first-order chi connectivity index (χ1) is 7.59. The molecule has 0 atom stereocenters. The zero-order chi connectivity index (χ0) is 11.7. The van der Waals surface area contributed by atoms with Gasteiger partial charge >= 0.3 is 0 Å². The molecule has 0 saturated heterocycles. The maximum absolute atomic E-state index is 6.00. The van der Waals surface area contributed by atoms with Crippen molar-refractivity contribution in [3.8, 4) is 5.69 Å². The smallest absolute Gasteiger partial charge is 0.229 e. The number of benzene rings is 1. The Morgan fingerprint density at radius 1 is 1.25 bits per heavy atom. The van der Waals surface area contributed by atoms with Gasteiger partial charge in [-0.05, 0) is 42.1 Å². The summed E-state index contributed by atoms with van der Waals surface area (Å²) in [6, 6.07) is 8.27. The van der Waals surface area contributed by atoms with Gasteiger partial charge in [0.05, 0.1) is 5.69 Å². The van der Waals surface area contributed by atoms with Crippen molar-refractivity contribution < 1.29 is 0 Å². The van der Waals surface area contributed by atoms with Gasteiger partial charge in [0.15, 0.2) is 0 Å². The molecule has 1 heterocycles. The maximum Gasteiger partial charge on any atom is 0.229 e. The van der Waals surface area contributed by atoms with E-state index in [-0.39, 0.29) is 0 Å². The van der Waals surface area contributed by atoms with Crippen molar-refractivity contribution in [1.82, 2.24) is 14.8 Å². The van der Waals surface area contributed by atoms with E-state index in [4.69, 9.17) is 11.6 Å². The monoisotopic (exact) mass is 235 g/mol. The van der Waals surface area contributed by atoms with Crippen LogP contribution in [0.1, 0.15) is 31.2 Å². The minimum Gasteiger partial charge on any atom is -0.270 e. The highest BCUT2D eigenvalue weighted by Gasteiger charge is 2.09. The molecule has 2 aromatic rings. The topological polar surface area (TPSA) is 30.7 Å². The standard InChI is InChI=1S/C12H14ClN3/c1-8(2)10-5-4-6-11(7-10)16-9(3)14-15-12(16)13/h4-8H,1-3H3. The fourth-order valence-electron chi connectivity index (χ4n) is 1.65. The maximum atomic E-state index is 6.00. The normalized spacial score (nSPS) is 11.1. The first-order valence-corrected chi connectivity index (χ1v) is 5.65. The van der Waals surface area contributed by atoms with Gasteiger partial charge in [-0.25, -0.2) is 0 Å². The Balaban J connectivity index is 2.52. The van der Waals surface area contributed by atoms with Gasteiger partial charge in [-0.2, -0.15) is 0 Å². The summed E-state index contributed by atoms with van der Waals surface area (Å²) in [5, 5.41) is 8.19. The summed E-state index contributed by atoms with van der Waals surface area (Å²) in [4.78, 5) is 0. The quantitative estimate of drug-likeness (QED) is 0.799. The Morgan fingerprint density at radius 2 is 2.00 bits per heavy atom. The number of aryl methyl sites for hydroxylation is 1. The summed E-state index contributed by atoms with van der Waals surface area (Å²) in [6.45, 7) is 6.22. The van der Waals surface area contributed by atoms with Crippen LogP contribution in [0.5, 0.6) is 0 Å². The molecule has 16 heavy (non-hydrogen) atoms. The van der Waals surface area contributed by atoms with Crippen LogP contribution in [0, 0.1) is 6.92 Å². The van der Waals surface area contributed by atoms with Crippen molar-refractivity contribution in [1.29, 1.82) is 0 Å². The third-order valence-electron chi connectivity index (χ3n) is 2.58. The van der Waals surface area contributed by atoms with Crippen LogP contribution in [0.4, 0.5) is 0 Å². The SMILES string of the molecule is Cc1nnc(Cl)n1-c1cccc(C(C)C)c1. The molecule has 0 saturated carbocycles. The summed E-state index contributed by atoms with van der Waals surface area (Å²) in [7, 11) is 0. The molecule has 0 aliphatic carbocycles. The highest BCUT2D eigenvalue weighted by molar-refractivity contribution is 6.28. The molecular formula is C12H14ClN3. The van der Waals surface area contributed by atoms with E-state index in [9.17, 15) is 0 Å². The van der Waals surface area contributed by atoms with Crippen molar-refractivity contribution in [2.75, 3.05) is 0 Å². The molecule has 0 N–H and O–H groups in total. The molecule has 0 spiro atoms. The van der Waals surface area contributed by atoms with E-state index < -0.39 is 0 Å². The molecular weight excluding hydrogens is 222 g/mol. The molecule has 0 amide bonds. The molecule has 3 nitrogen and oxygen atoms in total. The summed E-state index contributed by atoms with van der Waals surface area (Å²) in [5.41, 5.74) is 2.29. The summed E-state index contributed by atoms with van der Waals surface area (Å²) in [6.07, 6.45) is 0. The van der Waals surface area contributed by atoms with E-state index in [0.717, 1.165) is 11.5 Å². The zero-order valence-corrected chi connectivity index (χ0v) is 10.4. The molecule has 0 radical (unpaired) electrons. The van der Waals surface area contributed by atoms with Crippen LogP contribution in [0.15, 0.2) is 24.3 Å². The van der Waals surface area contributed by atoms with E-state index in [1.807, 2.05) is 23.6 Å². The fourth-order valence-corrected chi connectivity index (χ4v) is 1.91. The molecule has 0 bridgehead atoms. The third kappa shape index (κ3) is 1.95. The second-order valence-corrected chi connectivity index (χ2v) is 4.44. The molecule has 1 aromatic heterocycles. The van der Waals surface area contributed by atoms with Crippen molar-refractivity contribution in [3.63, 3.8) is 0 Å². The highest BCUT2D eigenvalue weighted by atomic mass is 35.5. The lowest BCUT2D eigenvalue weighted by Gasteiger charge is -2.09. The second-order valence-electron chi connectivity index (χ2n) is 4.10. The zero-order valence-electron chi connectivity index (χ0n) is 9.61. The van der Waals surface area contributed by atoms with Crippen LogP contribution in [0.25, 0.3) is 5.69 Å². The van der Waals surface area contributed by atoms with Crippen molar-refractivity contribution in [2.45, 2.75) is 26.7 Å². The van der Waals surface area contributed by atoms with E-state index in [2.05, 4.69) is 36.2 Å². The van der Waals surface area contributed by atoms with E-state index in [1.54, 1.807) is 0 Å². The van der Waals surface area contributed by atoms with Crippen molar-refractivity contribution in [2.24, 2.45) is 0 Å². The average Bonchev–Trinajstić information content (AvgIpc) is 2.59. The van der Waals surface area contributed by atoms with Crippen LogP contribution >= 0.6 is 11.6 Å². The van der Waals surface area contributed by atoms with Crippen LogP contribution in [0.2, 0.25) is 5.28 Å². The van der Waals surface area contributed by atoms with Gasteiger partial charge < -0.3 is 0 Å². The van der Waals surface area contributed by atoms with Gasteiger partial charge in [0, 0.05) is 0 Å². The van der Waals surface area contributed by atoms with Crippen LogP contribution in [-0.2, 0) is 0 Å². The predicted molar refractivity (Wildman–Crippen MR) is 65.2 cm³/mol. The first kappa shape index (κ1) is 11.1. The van der Waals surface area contributed by atoms with Crippen LogP contribution in [0.3, 0.4) is 0 Å². The number of rotatable bonds is 2. The van der Waals surface area contributed by atoms with Crippen molar-refractivity contribution in [3.05, 3.63) is 40.9 Å². The van der Waals surface area contributed by atoms with Gasteiger partial charge in [0.25, 0.3) is 0 Å². The summed E-state index contributed by atoms with van der Waals surface area (Å²) in [5.74, 6) is 1.29. The van der Waals surface area contributed by atoms with Gasteiger partial charge in [0.2, 0.25) is 5.28 Å². The van der Waals surface area contributed by atoms with Gasteiger partial charge in [-0.3, -0.25) is 4.57 Å². The number of aromatic nitrogens is 3. The Morgan fingerprint density at radius 3 is 2.56 bits per heavy atom. The summed E-state index contributed by atoms with van der Waals surface area (Å²) >= 11 is 6.00. The molecule has 1 aromatic carbocycles. The molecule has 84 valence electrons. The lowest BCUT2D eigenvalue weighted by atomic mass is 10.0. The largest absolute Gasteiger partial charge is 0.270 e. The van der Waals surface area contributed by atoms with Gasteiger partial charge in [-0.1, -0.05) is 26.0 Å². The Kier molecular flexibility index (Phi) is 2.97. The Bertz CT molecular complexity index is 483. The molecule has 4 heteroatoms. The number of nitrogens with zero attached hydrogens (tertiary/aromatic N) is 3. The van der Waals surface area contributed by atoms with Crippen LogP contribution in [-0.4, -0.2) is 14.8 Å². The lowest BCUT2D eigenvalue weighted by molar-refractivity contribution is 0.860. The van der Waals surface area contributed by atoms with E-state index in [1.165, 1.54) is 5.56 Å². The van der Waals surface area contributed by atoms with Gasteiger partial charge in [-0.15, -0.1) is 10.2 Å². The summed E-state index contributed by atoms with van der Waals surface area (Å²) < 4.78 is 1.84. The molecule has 0 unspecified atom stereocenters.